The summed E-state index contributed by atoms with van der Waals surface area (Å²) in [6.45, 7) is 6.94. The van der Waals surface area contributed by atoms with E-state index in [0.29, 0.717) is 5.02 Å². The number of aliphatic carboxylic acids is 1. The number of carbonyl (C=O) groups is 2. The van der Waals surface area contributed by atoms with Crippen molar-refractivity contribution < 1.29 is 19.4 Å². The van der Waals surface area contributed by atoms with Crippen LogP contribution in [-0.2, 0) is 16.0 Å². The van der Waals surface area contributed by atoms with Gasteiger partial charge in [0.2, 0.25) is 0 Å². The summed E-state index contributed by atoms with van der Waals surface area (Å²) in [5.41, 5.74) is 0.890. The molecule has 0 radical (unpaired) electrons. The van der Waals surface area contributed by atoms with E-state index in [-0.39, 0.29) is 6.42 Å². The quantitative estimate of drug-likeness (QED) is 0.895. The van der Waals surface area contributed by atoms with Crippen molar-refractivity contribution in [3.05, 3.63) is 34.3 Å². The number of carbonyl (C=O) groups excluding carboxylic acids is 1. The van der Waals surface area contributed by atoms with Crippen LogP contribution in [0.4, 0.5) is 4.79 Å². The zero-order valence-electron chi connectivity index (χ0n) is 12.6. The first kappa shape index (κ1) is 17.3. The van der Waals surface area contributed by atoms with Gasteiger partial charge in [-0.1, -0.05) is 23.7 Å². The van der Waals surface area contributed by atoms with Crippen LogP contribution in [0.1, 0.15) is 31.9 Å². The summed E-state index contributed by atoms with van der Waals surface area (Å²) in [5, 5.41) is 12.2. The molecule has 0 saturated heterocycles. The van der Waals surface area contributed by atoms with Crippen LogP contribution in [0.25, 0.3) is 0 Å². The van der Waals surface area contributed by atoms with Gasteiger partial charge in [0.05, 0.1) is 0 Å². The summed E-state index contributed by atoms with van der Waals surface area (Å²) in [7, 11) is 0. The van der Waals surface area contributed by atoms with Crippen LogP contribution in [0.15, 0.2) is 18.2 Å². The molecule has 1 aromatic rings. The first-order chi connectivity index (χ1) is 9.60. The Morgan fingerprint density at radius 2 is 2.00 bits per heavy atom. The minimum atomic E-state index is -1.12. The van der Waals surface area contributed by atoms with Gasteiger partial charge in [0.1, 0.15) is 11.6 Å². The largest absolute Gasteiger partial charge is 0.480 e. The van der Waals surface area contributed by atoms with Crippen LogP contribution in [0.2, 0.25) is 5.02 Å². The normalized spacial score (nSPS) is 12.6. The van der Waals surface area contributed by atoms with Crippen LogP contribution in [0, 0.1) is 6.92 Å². The number of carboxylic acid groups (broad SMARTS) is 1. The average Bonchev–Trinajstić information content (AvgIpc) is 2.31. The lowest BCUT2D eigenvalue weighted by atomic mass is 10.0. The minimum absolute atomic E-state index is 0.140. The van der Waals surface area contributed by atoms with E-state index < -0.39 is 23.7 Å². The Morgan fingerprint density at radius 1 is 1.38 bits per heavy atom. The Bertz CT molecular complexity index is 537. The third kappa shape index (κ3) is 5.63. The molecule has 0 aliphatic carbocycles. The highest BCUT2D eigenvalue weighted by atomic mass is 35.5. The van der Waals surface area contributed by atoms with Crippen molar-refractivity contribution in [1.82, 2.24) is 5.32 Å². The lowest BCUT2D eigenvalue weighted by molar-refractivity contribution is -0.139. The molecule has 1 unspecified atom stereocenters. The summed E-state index contributed by atoms with van der Waals surface area (Å²) in [6.07, 6.45) is -0.615. The number of hydrogen-bond acceptors (Lipinski definition) is 3. The highest BCUT2D eigenvalue weighted by molar-refractivity contribution is 6.31. The van der Waals surface area contributed by atoms with Crippen LogP contribution >= 0.6 is 11.6 Å². The van der Waals surface area contributed by atoms with E-state index >= 15 is 0 Å². The Hall–Kier alpha value is -1.75. The lowest BCUT2D eigenvalue weighted by Crippen LogP contribution is -2.44. The molecule has 0 aliphatic rings. The van der Waals surface area contributed by atoms with E-state index in [9.17, 15) is 14.7 Å². The molecule has 0 spiro atoms. The number of hydrogen-bond donors (Lipinski definition) is 2. The van der Waals surface area contributed by atoms with Gasteiger partial charge in [-0.05, 0) is 44.9 Å². The number of ether oxygens (including phenoxy) is 1. The van der Waals surface area contributed by atoms with Gasteiger partial charge in [0.15, 0.2) is 0 Å². The van der Waals surface area contributed by atoms with Gasteiger partial charge in [-0.2, -0.15) is 0 Å². The molecule has 0 heterocycles. The molecule has 0 aromatic heterocycles. The van der Waals surface area contributed by atoms with Gasteiger partial charge in [0.25, 0.3) is 0 Å². The van der Waals surface area contributed by atoms with Gasteiger partial charge in [-0.25, -0.2) is 9.59 Å². The first-order valence-corrected chi connectivity index (χ1v) is 6.94. The van der Waals surface area contributed by atoms with Crippen molar-refractivity contribution in [2.75, 3.05) is 0 Å². The highest BCUT2D eigenvalue weighted by Crippen LogP contribution is 2.20. The second-order valence-electron chi connectivity index (χ2n) is 5.77. The van der Waals surface area contributed by atoms with E-state index in [1.165, 1.54) is 0 Å². The monoisotopic (exact) mass is 313 g/mol. The maximum atomic E-state index is 11.7. The Labute approximate surface area is 129 Å². The van der Waals surface area contributed by atoms with Crippen molar-refractivity contribution in [1.29, 1.82) is 0 Å². The molecule has 0 aliphatic heterocycles. The summed E-state index contributed by atoms with van der Waals surface area (Å²) in [6, 6.07) is 4.19. The molecule has 0 saturated carbocycles. The highest BCUT2D eigenvalue weighted by Gasteiger charge is 2.24. The van der Waals surface area contributed by atoms with Gasteiger partial charge >= 0.3 is 12.1 Å². The summed E-state index contributed by atoms with van der Waals surface area (Å²) in [5.74, 6) is -1.12. The molecule has 6 heteroatoms. The van der Waals surface area contributed by atoms with E-state index in [1.54, 1.807) is 39.0 Å². The van der Waals surface area contributed by atoms with E-state index in [4.69, 9.17) is 16.3 Å². The van der Waals surface area contributed by atoms with Crippen molar-refractivity contribution in [3.63, 3.8) is 0 Å². The number of rotatable bonds is 4. The van der Waals surface area contributed by atoms with Crippen molar-refractivity contribution in [3.8, 4) is 0 Å². The van der Waals surface area contributed by atoms with E-state index in [1.807, 2.05) is 6.92 Å². The Morgan fingerprint density at radius 3 is 2.52 bits per heavy atom. The Kier molecular flexibility index (Phi) is 5.61. The molecule has 1 aromatic carbocycles. The van der Waals surface area contributed by atoms with Gasteiger partial charge in [0, 0.05) is 11.4 Å². The number of benzene rings is 1. The molecule has 1 rings (SSSR count). The molecule has 1 atom stereocenters. The molecule has 0 bridgehead atoms. The summed E-state index contributed by atoms with van der Waals surface area (Å²) in [4.78, 5) is 23.0. The first-order valence-electron chi connectivity index (χ1n) is 6.56. The second kappa shape index (κ2) is 6.80. The smallest absolute Gasteiger partial charge is 0.408 e. The fraction of sp³-hybridized carbons (Fsp3) is 0.467. The Balaban J connectivity index is 2.82. The van der Waals surface area contributed by atoms with Crippen molar-refractivity contribution in [2.24, 2.45) is 0 Å². The van der Waals surface area contributed by atoms with Gasteiger partial charge in [-0.3, -0.25) is 0 Å². The molecule has 0 fully saturated rings. The fourth-order valence-electron chi connectivity index (χ4n) is 1.74. The molecule has 2 N–H and O–H groups in total. The van der Waals surface area contributed by atoms with Crippen molar-refractivity contribution in [2.45, 2.75) is 45.8 Å². The molecular formula is C15H20ClNO4. The second-order valence-corrected chi connectivity index (χ2v) is 6.17. The fourth-order valence-corrected chi connectivity index (χ4v) is 1.94. The number of nitrogens with one attached hydrogen (secondary N) is 1. The maximum absolute atomic E-state index is 11.7. The maximum Gasteiger partial charge on any atom is 0.408 e. The van der Waals surface area contributed by atoms with E-state index in [0.717, 1.165) is 11.1 Å². The molecule has 21 heavy (non-hydrogen) atoms. The van der Waals surface area contributed by atoms with Crippen LogP contribution in [0.3, 0.4) is 0 Å². The zero-order chi connectivity index (χ0) is 16.2. The number of amides is 1. The SMILES string of the molecule is Cc1c(Cl)cccc1CC(NC(=O)OC(C)(C)C)C(=O)O. The number of alkyl carbamates (subject to hydrolysis) is 1. The standard InChI is InChI=1S/C15H20ClNO4/c1-9-10(6-5-7-11(9)16)8-12(13(18)19)17-14(20)21-15(2,3)4/h5-7,12H,8H2,1-4H3,(H,17,20)(H,18,19). The van der Waals surface area contributed by atoms with E-state index in [2.05, 4.69) is 5.32 Å². The van der Waals surface area contributed by atoms with Crippen LogP contribution < -0.4 is 5.32 Å². The molecule has 1 amide bonds. The predicted molar refractivity (Wildman–Crippen MR) is 80.7 cm³/mol. The lowest BCUT2D eigenvalue weighted by Gasteiger charge is -2.22. The third-order valence-corrected chi connectivity index (χ3v) is 3.20. The zero-order valence-corrected chi connectivity index (χ0v) is 13.3. The molecular weight excluding hydrogens is 294 g/mol. The third-order valence-electron chi connectivity index (χ3n) is 2.79. The predicted octanol–water partition coefficient (Wildman–Crippen LogP) is 3.17. The van der Waals surface area contributed by atoms with Gasteiger partial charge < -0.3 is 15.2 Å². The van der Waals surface area contributed by atoms with Crippen LogP contribution in [0.5, 0.6) is 0 Å². The van der Waals surface area contributed by atoms with Crippen molar-refractivity contribution >= 4 is 23.7 Å². The topological polar surface area (TPSA) is 75.6 Å². The minimum Gasteiger partial charge on any atom is -0.480 e. The van der Waals surface area contributed by atoms with Crippen LogP contribution in [-0.4, -0.2) is 28.8 Å². The number of carboxylic acids is 1. The summed E-state index contributed by atoms with van der Waals surface area (Å²) >= 11 is 6.01. The number of halogens is 1. The van der Waals surface area contributed by atoms with Gasteiger partial charge in [-0.15, -0.1) is 0 Å². The average molecular weight is 314 g/mol. The molecule has 5 nitrogen and oxygen atoms in total. The molecule has 116 valence electrons. The summed E-state index contributed by atoms with van der Waals surface area (Å²) < 4.78 is 5.07.